The molecule has 2 aliphatic carbocycles. The van der Waals surface area contributed by atoms with Crippen LogP contribution in [0.25, 0.3) is 0 Å². The van der Waals surface area contributed by atoms with Crippen LogP contribution in [0.15, 0.2) is 29.3 Å². The van der Waals surface area contributed by atoms with E-state index < -0.39 is 11.7 Å². The number of alkyl halides is 3. The molecule has 0 aromatic heterocycles. The summed E-state index contributed by atoms with van der Waals surface area (Å²) in [5.74, 6) is 6.34. The lowest BCUT2D eigenvalue weighted by atomic mass is 9.85. The van der Waals surface area contributed by atoms with Crippen molar-refractivity contribution in [3.63, 3.8) is 0 Å². The number of hydrogen-bond donors (Lipinski definition) is 3. The third-order valence-electron chi connectivity index (χ3n) is 5.39. The van der Waals surface area contributed by atoms with Gasteiger partial charge in [0.1, 0.15) is 6.54 Å². The van der Waals surface area contributed by atoms with E-state index in [-0.39, 0.29) is 48.4 Å². The van der Waals surface area contributed by atoms with Crippen molar-refractivity contribution >= 4 is 35.8 Å². The van der Waals surface area contributed by atoms with E-state index in [0.717, 1.165) is 50.7 Å². The molecule has 0 heterocycles. The van der Waals surface area contributed by atoms with Gasteiger partial charge in [0.2, 0.25) is 5.91 Å². The topological polar surface area (TPSA) is 65.5 Å². The summed E-state index contributed by atoms with van der Waals surface area (Å²) in [6, 6.07) is 5.48. The molecule has 32 heavy (non-hydrogen) atoms. The molecule has 1 aromatic rings. The van der Waals surface area contributed by atoms with Gasteiger partial charge in [-0.2, -0.15) is 13.2 Å². The fourth-order valence-electron chi connectivity index (χ4n) is 3.65. The van der Waals surface area contributed by atoms with E-state index in [1.54, 1.807) is 6.07 Å². The van der Waals surface area contributed by atoms with Crippen LogP contribution in [0, 0.1) is 17.8 Å². The Morgan fingerprint density at radius 1 is 1.16 bits per heavy atom. The third kappa shape index (κ3) is 8.52. The van der Waals surface area contributed by atoms with Crippen molar-refractivity contribution in [2.75, 3.05) is 13.1 Å². The van der Waals surface area contributed by atoms with Gasteiger partial charge in [-0.05, 0) is 57.2 Å². The second-order valence-corrected chi connectivity index (χ2v) is 8.06. The first-order valence-electron chi connectivity index (χ1n) is 10.9. The third-order valence-corrected chi connectivity index (χ3v) is 5.39. The highest BCUT2D eigenvalue weighted by Gasteiger charge is 2.32. The van der Waals surface area contributed by atoms with E-state index in [2.05, 4.69) is 32.8 Å². The lowest BCUT2D eigenvalue weighted by Gasteiger charge is -2.30. The summed E-state index contributed by atoms with van der Waals surface area (Å²) in [4.78, 5) is 16.8. The van der Waals surface area contributed by atoms with Crippen molar-refractivity contribution in [1.29, 1.82) is 0 Å². The molecule has 0 spiro atoms. The number of nitrogens with one attached hydrogen (secondary N) is 3. The highest BCUT2D eigenvalue weighted by atomic mass is 127. The predicted octanol–water partition coefficient (Wildman–Crippen LogP) is 4.07. The van der Waals surface area contributed by atoms with Crippen LogP contribution in [-0.2, 0) is 11.0 Å². The molecule has 1 amide bonds. The average molecular weight is 562 g/mol. The normalized spacial score (nSPS) is 20.9. The number of rotatable bonds is 5. The highest BCUT2D eigenvalue weighted by Crippen LogP contribution is 2.29. The van der Waals surface area contributed by atoms with Crippen LogP contribution in [0.3, 0.4) is 0 Å². The van der Waals surface area contributed by atoms with Crippen LogP contribution in [0.2, 0.25) is 0 Å². The fraction of sp³-hybridized carbons (Fsp3) is 0.565. The number of halogens is 4. The molecule has 9 heteroatoms. The molecule has 5 nitrogen and oxygen atoms in total. The largest absolute Gasteiger partial charge is 0.416 e. The van der Waals surface area contributed by atoms with E-state index >= 15 is 0 Å². The van der Waals surface area contributed by atoms with Gasteiger partial charge in [-0.1, -0.05) is 24.3 Å². The van der Waals surface area contributed by atoms with Crippen LogP contribution >= 0.6 is 24.0 Å². The summed E-state index contributed by atoms with van der Waals surface area (Å²) in [6.45, 7) is 2.79. The van der Waals surface area contributed by atoms with Crippen molar-refractivity contribution in [3.8, 4) is 11.8 Å². The van der Waals surface area contributed by atoms with Gasteiger partial charge >= 0.3 is 6.18 Å². The van der Waals surface area contributed by atoms with Gasteiger partial charge in [-0.3, -0.25) is 4.79 Å². The molecule has 1 aromatic carbocycles. The number of carbonyl (C=O) groups is 1. The number of carbonyl (C=O) groups excluding carboxylic acids is 1. The average Bonchev–Trinajstić information content (AvgIpc) is 3.55. The maximum absolute atomic E-state index is 12.8. The Hall–Kier alpha value is -1.96. The summed E-state index contributed by atoms with van der Waals surface area (Å²) in [6.07, 6.45) is 1.40. The highest BCUT2D eigenvalue weighted by molar-refractivity contribution is 14.0. The second kappa shape index (κ2) is 12.3. The van der Waals surface area contributed by atoms with Gasteiger partial charge in [0.25, 0.3) is 0 Å². The fourth-order valence-corrected chi connectivity index (χ4v) is 3.65. The minimum absolute atomic E-state index is 0. The summed E-state index contributed by atoms with van der Waals surface area (Å²) in [5.41, 5.74) is -0.407. The van der Waals surface area contributed by atoms with Gasteiger partial charge in [-0.15, -0.1) is 24.0 Å². The minimum atomic E-state index is -4.38. The van der Waals surface area contributed by atoms with Crippen molar-refractivity contribution in [1.82, 2.24) is 16.0 Å². The molecule has 0 saturated heterocycles. The molecule has 3 rings (SSSR count). The van der Waals surface area contributed by atoms with E-state index in [1.807, 2.05) is 6.92 Å². The Balaban J connectivity index is 0.00000363. The molecule has 176 valence electrons. The molecule has 0 radical (unpaired) electrons. The molecule has 2 unspecified atom stereocenters. The second-order valence-electron chi connectivity index (χ2n) is 8.06. The van der Waals surface area contributed by atoms with Crippen LogP contribution in [0.1, 0.15) is 56.6 Å². The Labute approximate surface area is 204 Å². The van der Waals surface area contributed by atoms with Crippen molar-refractivity contribution in [2.24, 2.45) is 10.9 Å². The maximum Gasteiger partial charge on any atom is 0.416 e. The lowest BCUT2D eigenvalue weighted by Crippen LogP contribution is -2.47. The SMILES string of the molecule is CCNC(=NCC#Cc1cccc(C(F)(F)F)c1)NC1CCCC(C(=O)NC2CC2)C1.I. The number of nitrogens with zero attached hydrogens (tertiary/aromatic N) is 1. The molecular formula is C23H30F3IN4O. The number of guanidine groups is 1. The van der Waals surface area contributed by atoms with Gasteiger partial charge in [0, 0.05) is 30.1 Å². The van der Waals surface area contributed by atoms with E-state index in [4.69, 9.17) is 0 Å². The smallest absolute Gasteiger partial charge is 0.357 e. The molecule has 2 fully saturated rings. The van der Waals surface area contributed by atoms with Crippen LogP contribution in [0.5, 0.6) is 0 Å². The molecule has 2 saturated carbocycles. The predicted molar refractivity (Wildman–Crippen MR) is 130 cm³/mol. The quantitative estimate of drug-likeness (QED) is 0.220. The van der Waals surface area contributed by atoms with Crippen molar-refractivity contribution in [3.05, 3.63) is 35.4 Å². The molecule has 0 aliphatic heterocycles. The standard InChI is InChI=1S/C23H29F3N4O.HI/c1-2-27-22(28-13-5-7-16-6-3-9-18(14-16)23(24,25)26)30-20-10-4-8-17(15-20)21(31)29-19-11-12-19;/h3,6,9,14,17,19-20H,2,4,8,10-13,15H2,1H3,(H,29,31)(H2,27,28,30);1H. The molecular weight excluding hydrogens is 532 g/mol. The zero-order valence-corrected chi connectivity index (χ0v) is 20.4. The van der Waals surface area contributed by atoms with Crippen molar-refractivity contribution < 1.29 is 18.0 Å². The molecule has 2 atom stereocenters. The van der Waals surface area contributed by atoms with Crippen molar-refractivity contribution in [2.45, 2.75) is 63.7 Å². The molecule has 2 aliphatic rings. The van der Waals surface area contributed by atoms with Crippen LogP contribution in [0.4, 0.5) is 13.2 Å². The zero-order valence-electron chi connectivity index (χ0n) is 18.1. The monoisotopic (exact) mass is 562 g/mol. The first kappa shape index (κ1) is 26.3. The van der Waals surface area contributed by atoms with Crippen LogP contribution in [-0.4, -0.2) is 37.0 Å². The summed E-state index contributed by atoms with van der Waals surface area (Å²) < 4.78 is 38.4. The first-order chi connectivity index (χ1) is 14.8. The summed E-state index contributed by atoms with van der Waals surface area (Å²) in [7, 11) is 0. The van der Waals surface area contributed by atoms with E-state index in [9.17, 15) is 18.0 Å². The van der Waals surface area contributed by atoms with Gasteiger partial charge in [0.05, 0.1) is 5.56 Å². The number of amides is 1. The minimum Gasteiger partial charge on any atom is -0.357 e. The first-order valence-corrected chi connectivity index (χ1v) is 10.9. The zero-order chi connectivity index (χ0) is 22.3. The number of aliphatic imine (C=N–C) groups is 1. The maximum atomic E-state index is 12.8. The lowest BCUT2D eigenvalue weighted by molar-refractivity contribution is -0.137. The summed E-state index contributed by atoms with van der Waals surface area (Å²) >= 11 is 0. The van der Waals surface area contributed by atoms with Crippen LogP contribution < -0.4 is 16.0 Å². The van der Waals surface area contributed by atoms with Gasteiger partial charge in [0.15, 0.2) is 5.96 Å². The van der Waals surface area contributed by atoms with Gasteiger partial charge < -0.3 is 16.0 Å². The Bertz CT molecular complexity index is 859. The van der Waals surface area contributed by atoms with E-state index in [1.165, 1.54) is 6.07 Å². The Morgan fingerprint density at radius 2 is 1.94 bits per heavy atom. The summed E-state index contributed by atoms with van der Waals surface area (Å²) in [5, 5.41) is 9.64. The van der Waals surface area contributed by atoms with Gasteiger partial charge in [-0.25, -0.2) is 4.99 Å². The molecule has 0 bridgehead atoms. The Kier molecular flexibility index (Phi) is 10.1. The Morgan fingerprint density at radius 3 is 2.62 bits per heavy atom. The van der Waals surface area contributed by atoms with E-state index in [0.29, 0.717) is 24.1 Å². The molecule has 3 N–H and O–H groups in total. The number of benzene rings is 1. The number of hydrogen-bond acceptors (Lipinski definition) is 2.